The van der Waals surface area contributed by atoms with E-state index in [0.717, 1.165) is 11.8 Å². The van der Waals surface area contributed by atoms with Crippen LogP contribution >= 0.6 is 0 Å². The largest absolute Gasteiger partial charge is 0.380 e. The highest BCUT2D eigenvalue weighted by atomic mass is 16.3. The minimum atomic E-state index is -1.08. The Morgan fingerprint density at radius 3 is 1.67 bits per heavy atom. The van der Waals surface area contributed by atoms with Gasteiger partial charge in [0.25, 0.3) is 0 Å². The lowest BCUT2D eigenvalue weighted by molar-refractivity contribution is 0.0747. The van der Waals surface area contributed by atoms with E-state index in [1.54, 1.807) is 60.7 Å². The summed E-state index contributed by atoms with van der Waals surface area (Å²) in [4.78, 5) is 21.9. The number of Topliss-reactive ketones (excluding diaryl/α,β-unsaturated/α-hetero) is 1. The van der Waals surface area contributed by atoms with Crippen molar-refractivity contribution in [2.75, 3.05) is 0 Å². The van der Waals surface area contributed by atoms with E-state index in [1.165, 1.54) is 0 Å². The summed E-state index contributed by atoms with van der Waals surface area (Å²) in [5.41, 5.74) is 1.88. The summed E-state index contributed by atoms with van der Waals surface area (Å²) < 4.78 is 0. The van der Waals surface area contributed by atoms with Crippen LogP contribution in [0.3, 0.4) is 0 Å². The molecule has 3 nitrogen and oxygen atoms in total. The topological polar surface area (TPSA) is 54.4 Å². The lowest BCUT2D eigenvalue weighted by Crippen LogP contribution is -2.11. The highest BCUT2D eigenvalue weighted by molar-refractivity contribution is 5.99. The number of rotatable bonds is 4. The van der Waals surface area contributed by atoms with Gasteiger partial charge in [-0.05, 0) is 5.56 Å². The second kappa shape index (κ2) is 9.18. The summed E-state index contributed by atoms with van der Waals surface area (Å²) in [6, 6.07) is 26.8. The van der Waals surface area contributed by atoms with E-state index in [4.69, 9.17) is 0 Å². The van der Waals surface area contributed by atoms with E-state index in [2.05, 4.69) is 0 Å². The molecule has 0 bridgehead atoms. The number of carbonyl (C=O) groups excluding carboxylic acids is 2. The van der Waals surface area contributed by atoms with Gasteiger partial charge in [0.2, 0.25) is 0 Å². The molecule has 1 unspecified atom stereocenters. The van der Waals surface area contributed by atoms with Crippen LogP contribution in [0.1, 0.15) is 32.4 Å². The molecule has 3 aromatic rings. The Bertz CT molecular complexity index is 753. The molecule has 0 radical (unpaired) electrons. The van der Waals surface area contributed by atoms with Gasteiger partial charge in [0.1, 0.15) is 12.4 Å². The van der Waals surface area contributed by atoms with Crippen LogP contribution in [0.15, 0.2) is 91.0 Å². The van der Waals surface area contributed by atoms with Crippen molar-refractivity contribution in [3.05, 3.63) is 108 Å². The molecule has 0 heterocycles. The van der Waals surface area contributed by atoms with Gasteiger partial charge in [0, 0.05) is 11.1 Å². The van der Waals surface area contributed by atoms with Crippen LogP contribution in [0.2, 0.25) is 0 Å². The van der Waals surface area contributed by atoms with Gasteiger partial charge in [0.15, 0.2) is 5.78 Å². The zero-order valence-corrected chi connectivity index (χ0v) is 13.1. The molecule has 0 amide bonds. The molecular formula is C21H18O3. The zero-order chi connectivity index (χ0) is 17.2. The predicted octanol–water partition coefficient (Wildman–Crippen LogP) is 4.10. The average Bonchev–Trinajstić information content (AvgIpc) is 2.69. The number of benzene rings is 3. The summed E-state index contributed by atoms with van der Waals surface area (Å²) >= 11 is 0. The Hall–Kier alpha value is -3.04. The smallest absolute Gasteiger partial charge is 0.195 e. The first-order valence-electron chi connectivity index (χ1n) is 7.55. The molecule has 0 fully saturated rings. The standard InChI is InChI=1S/C14H12O2.C7H6O/c15-13(11-7-3-1-4-8-11)14(16)12-9-5-2-6-10-12;8-6-7-4-2-1-3-5-7/h1-10,13,15H;1-6H. The molecule has 1 atom stereocenters. The third-order valence-corrected chi connectivity index (χ3v) is 3.36. The first kappa shape index (κ1) is 17.3. The summed E-state index contributed by atoms with van der Waals surface area (Å²) in [7, 11) is 0. The zero-order valence-electron chi connectivity index (χ0n) is 13.1. The van der Waals surface area contributed by atoms with Crippen molar-refractivity contribution in [2.24, 2.45) is 0 Å². The van der Waals surface area contributed by atoms with E-state index in [0.29, 0.717) is 11.1 Å². The van der Waals surface area contributed by atoms with E-state index in [9.17, 15) is 14.7 Å². The lowest BCUT2D eigenvalue weighted by Gasteiger charge is -2.09. The molecule has 120 valence electrons. The van der Waals surface area contributed by atoms with E-state index < -0.39 is 6.10 Å². The van der Waals surface area contributed by atoms with Crippen LogP contribution < -0.4 is 0 Å². The second-order valence-electron chi connectivity index (χ2n) is 5.07. The highest BCUT2D eigenvalue weighted by Crippen LogP contribution is 2.17. The molecule has 0 saturated heterocycles. The number of carbonyl (C=O) groups is 2. The Morgan fingerprint density at radius 2 is 1.21 bits per heavy atom. The van der Waals surface area contributed by atoms with Crippen molar-refractivity contribution in [2.45, 2.75) is 6.10 Å². The summed E-state index contributed by atoms with van der Waals surface area (Å²) in [5.74, 6) is -0.271. The monoisotopic (exact) mass is 318 g/mol. The predicted molar refractivity (Wildman–Crippen MR) is 94.0 cm³/mol. The minimum Gasteiger partial charge on any atom is -0.380 e. The third-order valence-electron chi connectivity index (χ3n) is 3.36. The first-order chi connectivity index (χ1) is 11.7. The Labute approximate surface area is 141 Å². The van der Waals surface area contributed by atoms with Gasteiger partial charge in [0.05, 0.1) is 0 Å². The Balaban J connectivity index is 0.000000219. The molecule has 24 heavy (non-hydrogen) atoms. The van der Waals surface area contributed by atoms with E-state index in [-0.39, 0.29) is 5.78 Å². The highest BCUT2D eigenvalue weighted by Gasteiger charge is 2.18. The average molecular weight is 318 g/mol. The number of ketones is 1. The van der Waals surface area contributed by atoms with Crippen LogP contribution in [-0.2, 0) is 0 Å². The Morgan fingerprint density at radius 1 is 0.750 bits per heavy atom. The van der Waals surface area contributed by atoms with Crippen LogP contribution in [0.5, 0.6) is 0 Å². The van der Waals surface area contributed by atoms with Gasteiger partial charge in [-0.25, -0.2) is 0 Å². The van der Waals surface area contributed by atoms with Crippen LogP contribution in [0.25, 0.3) is 0 Å². The summed E-state index contributed by atoms with van der Waals surface area (Å²) in [5, 5.41) is 9.89. The number of hydrogen-bond acceptors (Lipinski definition) is 3. The lowest BCUT2D eigenvalue weighted by atomic mass is 10.0. The van der Waals surface area contributed by atoms with Crippen LogP contribution in [0.4, 0.5) is 0 Å². The van der Waals surface area contributed by atoms with Gasteiger partial charge in [-0.3, -0.25) is 9.59 Å². The molecule has 0 aromatic heterocycles. The molecule has 0 aliphatic carbocycles. The fourth-order valence-electron chi connectivity index (χ4n) is 2.08. The molecule has 0 aliphatic rings. The molecule has 3 aromatic carbocycles. The fourth-order valence-corrected chi connectivity index (χ4v) is 2.08. The van der Waals surface area contributed by atoms with Crippen molar-refractivity contribution < 1.29 is 14.7 Å². The van der Waals surface area contributed by atoms with Gasteiger partial charge in [-0.2, -0.15) is 0 Å². The minimum absolute atomic E-state index is 0.271. The molecule has 0 aliphatic heterocycles. The van der Waals surface area contributed by atoms with Crippen LogP contribution in [-0.4, -0.2) is 17.2 Å². The molecule has 3 heteroatoms. The van der Waals surface area contributed by atoms with E-state index >= 15 is 0 Å². The molecule has 0 spiro atoms. The maximum absolute atomic E-state index is 11.9. The normalized spacial score (nSPS) is 10.9. The third kappa shape index (κ3) is 5.00. The van der Waals surface area contributed by atoms with Crippen molar-refractivity contribution in [1.82, 2.24) is 0 Å². The summed E-state index contributed by atoms with van der Waals surface area (Å²) in [6.45, 7) is 0. The second-order valence-corrected chi connectivity index (χ2v) is 5.07. The summed E-state index contributed by atoms with van der Waals surface area (Å²) in [6.07, 6.45) is -0.247. The molecular weight excluding hydrogens is 300 g/mol. The SMILES string of the molecule is O=C(c1ccccc1)C(O)c1ccccc1.O=Cc1ccccc1. The number of aliphatic hydroxyl groups excluding tert-OH is 1. The van der Waals surface area contributed by atoms with Gasteiger partial charge >= 0.3 is 0 Å². The van der Waals surface area contributed by atoms with Crippen molar-refractivity contribution in [1.29, 1.82) is 0 Å². The quantitative estimate of drug-likeness (QED) is 0.582. The Kier molecular flexibility index (Phi) is 6.62. The molecule has 3 rings (SSSR count). The number of hydrogen-bond donors (Lipinski definition) is 1. The van der Waals surface area contributed by atoms with E-state index in [1.807, 2.05) is 30.3 Å². The van der Waals surface area contributed by atoms with Gasteiger partial charge in [-0.1, -0.05) is 91.0 Å². The maximum atomic E-state index is 11.9. The number of aldehydes is 1. The van der Waals surface area contributed by atoms with Gasteiger partial charge in [-0.15, -0.1) is 0 Å². The van der Waals surface area contributed by atoms with Gasteiger partial charge < -0.3 is 5.11 Å². The maximum Gasteiger partial charge on any atom is 0.195 e. The number of aliphatic hydroxyl groups is 1. The van der Waals surface area contributed by atoms with Crippen LogP contribution in [0, 0.1) is 0 Å². The van der Waals surface area contributed by atoms with Crippen molar-refractivity contribution in [3.8, 4) is 0 Å². The fraction of sp³-hybridized carbons (Fsp3) is 0.0476. The molecule has 0 saturated carbocycles. The molecule has 1 N–H and O–H groups in total. The van der Waals surface area contributed by atoms with Crippen molar-refractivity contribution in [3.63, 3.8) is 0 Å². The first-order valence-corrected chi connectivity index (χ1v) is 7.55. The van der Waals surface area contributed by atoms with Crippen molar-refractivity contribution >= 4 is 12.1 Å².